The SMILES string of the molecule is CCC(N)C(c1sccc1C)N1CC(O)CC1CN(C)C. The normalized spacial score (nSPS) is 26.4. The predicted octanol–water partition coefficient (Wildman–Crippen LogP) is 1.83. The van der Waals surface area contributed by atoms with Crippen molar-refractivity contribution in [3.05, 3.63) is 21.9 Å². The van der Waals surface area contributed by atoms with Gasteiger partial charge in [-0.2, -0.15) is 0 Å². The summed E-state index contributed by atoms with van der Waals surface area (Å²) < 4.78 is 0. The van der Waals surface area contributed by atoms with E-state index >= 15 is 0 Å². The highest BCUT2D eigenvalue weighted by atomic mass is 32.1. The Balaban J connectivity index is 2.29. The highest BCUT2D eigenvalue weighted by molar-refractivity contribution is 7.10. The molecule has 2 heterocycles. The number of hydrogen-bond donors (Lipinski definition) is 2. The molecule has 1 fully saturated rings. The quantitative estimate of drug-likeness (QED) is 0.841. The lowest BCUT2D eigenvalue weighted by atomic mass is 9.99. The first kappa shape index (κ1) is 16.9. The Morgan fingerprint density at radius 2 is 2.24 bits per heavy atom. The number of β-amino-alcohol motifs (C(OH)–C–C–N with tert-alkyl or cyclic N) is 1. The minimum absolute atomic E-state index is 0.109. The van der Waals surface area contributed by atoms with E-state index in [0.29, 0.717) is 6.04 Å². The van der Waals surface area contributed by atoms with Crippen LogP contribution in [0.5, 0.6) is 0 Å². The van der Waals surface area contributed by atoms with E-state index in [-0.39, 0.29) is 18.2 Å². The zero-order valence-electron chi connectivity index (χ0n) is 13.6. The number of aliphatic hydroxyl groups excluding tert-OH is 1. The highest BCUT2D eigenvalue weighted by Crippen LogP contribution is 2.36. The Labute approximate surface area is 132 Å². The summed E-state index contributed by atoms with van der Waals surface area (Å²) in [7, 11) is 4.18. The van der Waals surface area contributed by atoms with Gasteiger partial charge in [-0.05, 0) is 50.9 Å². The monoisotopic (exact) mass is 311 g/mol. The fourth-order valence-corrected chi connectivity index (χ4v) is 4.48. The summed E-state index contributed by atoms with van der Waals surface area (Å²) in [5, 5.41) is 12.3. The molecule has 3 N–H and O–H groups in total. The van der Waals surface area contributed by atoms with E-state index in [1.807, 2.05) is 0 Å². The molecule has 120 valence electrons. The third-order valence-corrected chi connectivity index (χ3v) is 5.50. The van der Waals surface area contributed by atoms with E-state index in [4.69, 9.17) is 5.73 Å². The second kappa shape index (κ2) is 7.20. The number of rotatable bonds is 6. The van der Waals surface area contributed by atoms with Crippen molar-refractivity contribution in [2.45, 2.75) is 50.9 Å². The topological polar surface area (TPSA) is 52.7 Å². The first-order valence-corrected chi connectivity index (χ1v) is 8.70. The van der Waals surface area contributed by atoms with Gasteiger partial charge in [0.1, 0.15) is 0 Å². The molecule has 4 atom stereocenters. The van der Waals surface area contributed by atoms with Gasteiger partial charge in [0.25, 0.3) is 0 Å². The van der Waals surface area contributed by atoms with Crippen LogP contribution < -0.4 is 5.73 Å². The van der Waals surface area contributed by atoms with Gasteiger partial charge in [0.05, 0.1) is 12.1 Å². The first-order chi connectivity index (χ1) is 9.93. The molecule has 0 amide bonds. The van der Waals surface area contributed by atoms with Crippen molar-refractivity contribution in [1.82, 2.24) is 9.80 Å². The van der Waals surface area contributed by atoms with Gasteiger partial charge in [-0.1, -0.05) is 6.92 Å². The van der Waals surface area contributed by atoms with Crippen molar-refractivity contribution >= 4 is 11.3 Å². The summed E-state index contributed by atoms with van der Waals surface area (Å²) in [4.78, 5) is 6.01. The minimum atomic E-state index is -0.234. The molecule has 0 aromatic carbocycles. The number of likely N-dealkylation sites (tertiary alicyclic amines) is 1. The van der Waals surface area contributed by atoms with Crippen LogP contribution in [0, 0.1) is 6.92 Å². The van der Waals surface area contributed by atoms with E-state index in [1.54, 1.807) is 11.3 Å². The maximum absolute atomic E-state index is 10.2. The molecule has 0 bridgehead atoms. The molecule has 1 aromatic heterocycles. The summed E-state index contributed by atoms with van der Waals surface area (Å²) in [6.07, 6.45) is 1.56. The van der Waals surface area contributed by atoms with Crippen LogP contribution in [-0.2, 0) is 0 Å². The Bertz CT molecular complexity index is 448. The number of aryl methyl sites for hydroxylation is 1. The zero-order valence-corrected chi connectivity index (χ0v) is 14.4. The Morgan fingerprint density at radius 1 is 1.52 bits per heavy atom. The summed E-state index contributed by atoms with van der Waals surface area (Å²) in [6, 6.07) is 2.87. The number of likely N-dealkylation sites (N-methyl/N-ethyl adjacent to an activating group) is 1. The van der Waals surface area contributed by atoms with Gasteiger partial charge < -0.3 is 15.7 Å². The zero-order chi connectivity index (χ0) is 15.6. The van der Waals surface area contributed by atoms with E-state index in [9.17, 15) is 5.11 Å². The molecule has 0 spiro atoms. The average Bonchev–Trinajstić information content (AvgIpc) is 2.97. The lowest BCUT2D eigenvalue weighted by molar-refractivity contribution is 0.120. The van der Waals surface area contributed by atoms with Gasteiger partial charge >= 0.3 is 0 Å². The highest BCUT2D eigenvalue weighted by Gasteiger charge is 2.39. The van der Waals surface area contributed by atoms with Gasteiger partial charge in [-0.25, -0.2) is 0 Å². The van der Waals surface area contributed by atoms with Crippen LogP contribution in [0.25, 0.3) is 0 Å². The van der Waals surface area contributed by atoms with Crippen LogP contribution in [0.15, 0.2) is 11.4 Å². The molecule has 4 unspecified atom stereocenters. The average molecular weight is 311 g/mol. The maximum Gasteiger partial charge on any atom is 0.0682 e. The van der Waals surface area contributed by atoms with Crippen molar-refractivity contribution in [2.24, 2.45) is 5.73 Å². The molecule has 1 saturated heterocycles. The second-order valence-corrected chi connectivity index (χ2v) is 7.43. The van der Waals surface area contributed by atoms with Gasteiger partial charge in [0.2, 0.25) is 0 Å². The van der Waals surface area contributed by atoms with Crippen molar-refractivity contribution in [2.75, 3.05) is 27.2 Å². The second-order valence-electron chi connectivity index (χ2n) is 6.49. The molecule has 0 aliphatic carbocycles. The third kappa shape index (κ3) is 3.85. The molecule has 1 aliphatic rings. The van der Waals surface area contributed by atoms with Gasteiger partial charge in [-0.15, -0.1) is 11.3 Å². The molecule has 5 heteroatoms. The van der Waals surface area contributed by atoms with Gasteiger partial charge in [-0.3, -0.25) is 4.90 Å². The number of thiophene rings is 1. The molecular weight excluding hydrogens is 282 g/mol. The third-order valence-electron chi connectivity index (χ3n) is 4.42. The smallest absolute Gasteiger partial charge is 0.0682 e. The standard InChI is InChI=1S/C16H29N3OS/c1-5-14(17)15(16-11(2)6-7-21-16)19-10-13(20)8-12(19)9-18(3)4/h6-7,12-15,20H,5,8-10,17H2,1-4H3. The summed E-state index contributed by atoms with van der Waals surface area (Å²) in [5.74, 6) is 0. The number of hydrogen-bond acceptors (Lipinski definition) is 5. The number of aliphatic hydroxyl groups is 1. The minimum Gasteiger partial charge on any atom is -0.392 e. The molecule has 1 aliphatic heterocycles. The number of nitrogens with two attached hydrogens (primary N) is 1. The Morgan fingerprint density at radius 3 is 2.76 bits per heavy atom. The summed E-state index contributed by atoms with van der Waals surface area (Å²) in [6.45, 7) is 6.01. The lowest BCUT2D eigenvalue weighted by Gasteiger charge is -2.37. The fourth-order valence-electron chi connectivity index (χ4n) is 3.36. The van der Waals surface area contributed by atoms with E-state index in [1.165, 1.54) is 10.4 Å². The van der Waals surface area contributed by atoms with Crippen molar-refractivity contribution in [1.29, 1.82) is 0 Å². The maximum atomic E-state index is 10.2. The van der Waals surface area contributed by atoms with Gasteiger partial charge in [0.15, 0.2) is 0 Å². The van der Waals surface area contributed by atoms with Crippen LogP contribution in [0.3, 0.4) is 0 Å². The Hall–Kier alpha value is -0.460. The molecule has 4 nitrogen and oxygen atoms in total. The molecule has 0 radical (unpaired) electrons. The fraction of sp³-hybridized carbons (Fsp3) is 0.750. The van der Waals surface area contributed by atoms with Crippen molar-refractivity contribution in [3.63, 3.8) is 0 Å². The van der Waals surface area contributed by atoms with Crippen LogP contribution in [-0.4, -0.2) is 60.3 Å². The Kier molecular flexibility index (Phi) is 5.80. The number of nitrogens with zero attached hydrogens (tertiary/aromatic N) is 2. The van der Waals surface area contributed by atoms with Crippen LogP contribution in [0.2, 0.25) is 0 Å². The first-order valence-electron chi connectivity index (χ1n) is 7.82. The molecular formula is C16H29N3OS. The van der Waals surface area contributed by atoms with E-state index in [2.05, 4.69) is 49.2 Å². The molecule has 1 aromatic rings. The van der Waals surface area contributed by atoms with E-state index in [0.717, 1.165) is 25.9 Å². The van der Waals surface area contributed by atoms with Gasteiger partial charge in [0, 0.05) is 30.1 Å². The molecule has 2 rings (SSSR count). The molecule has 21 heavy (non-hydrogen) atoms. The van der Waals surface area contributed by atoms with Crippen molar-refractivity contribution in [3.8, 4) is 0 Å². The summed E-state index contributed by atoms with van der Waals surface area (Å²) in [5.41, 5.74) is 7.78. The molecule has 0 saturated carbocycles. The van der Waals surface area contributed by atoms with Crippen LogP contribution >= 0.6 is 11.3 Å². The largest absolute Gasteiger partial charge is 0.392 e. The van der Waals surface area contributed by atoms with Crippen molar-refractivity contribution < 1.29 is 5.11 Å². The lowest BCUT2D eigenvalue weighted by Crippen LogP contribution is -2.46. The van der Waals surface area contributed by atoms with E-state index < -0.39 is 0 Å². The summed E-state index contributed by atoms with van der Waals surface area (Å²) >= 11 is 1.79. The van der Waals surface area contributed by atoms with Crippen LogP contribution in [0.1, 0.15) is 36.2 Å². The predicted molar refractivity (Wildman–Crippen MR) is 89.7 cm³/mol. The van der Waals surface area contributed by atoms with Crippen LogP contribution in [0.4, 0.5) is 0 Å².